The number of anilines is 2. The summed E-state index contributed by atoms with van der Waals surface area (Å²) in [6.45, 7) is 3.09. The van der Waals surface area contributed by atoms with Gasteiger partial charge < -0.3 is 10.5 Å². The average Bonchev–Trinajstić information content (AvgIpc) is 2.90. The first-order valence-electron chi connectivity index (χ1n) is 7.78. The molecule has 4 rings (SSSR count). The van der Waals surface area contributed by atoms with Gasteiger partial charge in [-0.2, -0.15) is 4.98 Å². The number of nitrogen functional groups attached to an aromatic ring is 1. The Bertz CT molecular complexity index is 789. The first kappa shape index (κ1) is 15.9. The monoisotopic (exact) mass is 408 g/mol. The second-order valence-corrected chi connectivity index (χ2v) is 7.48. The van der Waals surface area contributed by atoms with Gasteiger partial charge in [-0.1, -0.05) is 0 Å². The van der Waals surface area contributed by atoms with Crippen LogP contribution < -0.4 is 20.9 Å². The number of ether oxygens (including phenoxy) is 1. The molecule has 0 aromatic carbocycles. The highest BCUT2D eigenvalue weighted by atomic mass is 79.9. The van der Waals surface area contributed by atoms with Crippen molar-refractivity contribution in [2.24, 2.45) is 0 Å². The van der Waals surface area contributed by atoms with Gasteiger partial charge in [-0.3, -0.25) is 5.01 Å². The third-order valence-corrected chi connectivity index (χ3v) is 5.71. The minimum atomic E-state index is 0.241. The van der Waals surface area contributed by atoms with Crippen LogP contribution in [0.3, 0.4) is 0 Å². The van der Waals surface area contributed by atoms with Gasteiger partial charge >= 0.3 is 0 Å². The largest absolute Gasteiger partial charge is 0.478 e. The summed E-state index contributed by atoms with van der Waals surface area (Å²) in [5, 5.41) is 3.00. The Morgan fingerprint density at radius 3 is 3.12 bits per heavy atom. The maximum Gasteiger partial charge on any atom is 0.223 e. The van der Waals surface area contributed by atoms with Gasteiger partial charge in [0.1, 0.15) is 5.03 Å². The topological polar surface area (TPSA) is 89.2 Å². The molecule has 0 spiro atoms. The molecule has 2 aliphatic rings. The summed E-state index contributed by atoms with van der Waals surface area (Å²) in [5.74, 6) is 2.80. The molecule has 4 heterocycles. The molecule has 2 aromatic heterocycles. The van der Waals surface area contributed by atoms with Crippen LogP contribution in [-0.4, -0.2) is 27.3 Å². The first-order valence-corrected chi connectivity index (χ1v) is 9.55. The van der Waals surface area contributed by atoms with Crippen LogP contribution in [0.15, 0.2) is 21.6 Å². The van der Waals surface area contributed by atoms with Crippen LogP contribution in [0.4, 0.5) is 11.8 Å². The second-order valence-electron chi connectivity index (χ2n) is 5.54. The van der Waals surface area contributed by atoms with Crippen molar-refractivity contribution in [3.63, 3.8) is 0 Å². The highest BCUT2D eigenvalue weighted by molar-refractivity contribution is 9.10. The molecule has 2 aromatic rings. The smallest absolute Gasteiger partial charge is 0.223 e. The summed E-state index contributed by atoms with van der Waals surface area (Å²) in [7, 11) is 0. The van der Waals surface area contributed by atoms with E-state index >= 15 is 0 Å². The Kier molecular flexibility index (Phi) is 4.23. The number of pyridine rings is 1. The van der Waals surface area contributed by atoms with Crippen molar-refractivity contribution in [3.05, 3.63) is 27.9 Å². The van der Waals surface area contributed by atoms with Crippen molar-refractivity contribution in [1.29, 1.82) is 0 Å². The molecule has 0 bridgehead atoms. The fourth-order valence-corrected chi connectivity index (χ4v) is 4.38. The normalized spacial score (nSPS) is 18.6. The zero-order valence-corrected chi connectivity index (χ0v) is 15.5. The fourth-order valence-electron chi connectivity index (χ4n) is 2.94. The molecule has 2 aliphatic heterocycles. The lowest BCUT2D eigenvalue weighted by atomic mass is 10.1. The Balaban J connectivity index is 1.67. The summed E-state index contributed by atoms with van der Waals surface area (Å²) < 4.78 is 6.44. The molecule has 0 radical (unpaired) electrons. The van der Waals surface area contributed by atoms with Crippen LogP contribution in [0.5, 0.6) is 5.88 Å². The number of hydrogen-bond donors (Lipinski definition) is 2. The van der Waals surface area contributed by atoms with Gasteiger partial charge in [0.2, 0.25) is 11.8 Å². The molecule has 0 saturated carbocycles. The average molecular weight is 409 g/mol. The van der Waals surface area contributed by atoms with Crippen molar-refractivity contribution < 1.29 is 4.74 Å². The molecule has 1 atom stereocenters. The van der Waals surface area contributed by atoms with Crippen LogP contribution in [0.2, 0.25) is 0 Å². The van der Waals surface area contributed by atoms with E-state index in [4.69, 9.17) is 10.5 Å². The van der Waals surface area contributed by atoms with E-state index in [2.05, 4.69) is 36.3 Å². The molecular weight excluding hydrogens is 392 g/mol. The number of nitrogens with one attached hydrogen (secondary N) is 1. The number of aromatic nitrogens is 3. The zero-order chi connectivity index (χ0) is 16.7. The van der Waals surface area contributed by atoms with Gasteiger partial charge in [0.25, 0.3) is 0 Å². The highest BCUT2D eigenvalue weighted by Crippen LogP contribution is 2.44. The first-order chi connectivity index (χ1) is 11.7. The van der Waals surface area contributed by atoms with E-state index in [-0.39, 0.29) is 6.04 Å². The van der Waals surface area contributed by atoms with Crippen LogP contribution in [0.25, 0.3) is 0 Å². The maximum absolute atomic E-state index is 5.89. The lowest BCUT2D eigenvalue weighted by Crippen LogP contribution is -2.35. The van der Waals surface area contributed by atoms with Crippen molar-refractivity contribution in [1.82, 2.24) is 20.4 Å². The van der Waals surface area contributed by atoms with Crippen molar-refractivity contribution >= 4 is 39.5 Å². The predicted octanol–water partition coefficient (Wildman–Crippen LogP) is 2.68. The van der Waals surface area contributed by atoms with Gasteiger partial charge in [-0.25, -0.2) is 15.4 Å². The Morgan fingerprint density at radius 1 is 1.42 bits per heavy atom. The van der Waals surface area contributed by atoms with Gasteiger partial charge in [-0.05, 0) is 35.3 Å². The second kappa shape index (κ2) is 6.38. The van der Waals surface area contributed by atoms with Crippen molar-refractivity contribution in [2.45, 2.75) is 31.0 Å². The highest BCUT2D eigenvalue weighted by Gasteiger charge is 2.36. The number of hydrogen-bond acceptors (Lipinski definition) is 8. The van der Waals surface area contributed by atoms with Crippen LogP contribution in [0.1, 0.15) is 30.6 Å². The van der Waals surface area contributed by atoms with E-state index in [1.807, 2.05) is 24.1 Å². The summed E-state index contributed by atoms with van der Waals surface area (Å²) in [4.78, 5) is 13.4. The van der Waals surface area contributed by atoms with Crippen molar-refractivity contribution in [2.75, 3.05) is 23.1 Å². The van der Waals surface area contributed by atoms with E-state index in [0.29, 0.717) is 25.0 Å². The third-order valence-electron chi connectivity index (χ3n) is 3.96. The molecule has 0 amide bonds. The molecule has 0 saturated heterocycles. The molecule has 1 unspecified atom stereocenters. The van der Waals surface area contributed by atoms with E-state index in [9.17, 15) is 0 Å². The number of rotatable bonds is 4. The minimum Gasteiger partial charge on any atom is -0.478 e. The molecule has 3 N–H and O–H groups in total. The third kappa shape index (κ3) is 2.80. The lowest BCUT2D eigenvalue weighted by Gasteiger charge is -2.20. The Labute approximate surface area is 152 Å². The number of nitrogens with two attached hydrogens (primary N) is 1. The summed E-state index contributed by atoms with van der Waals surface area (Å²) >= 11 is 5.31. The van der Waals surface area contributed by atoms with Crippen LogP contribution in [-0.2, 0) is 6.54 Å². The predicted molar refractivity (Wildman–Crippen MR) is 97.0 cm³/mol. The maximum atomic E-state index is 5.89. The van der Waals surface area contributed by atoms with Crippen molar-refractivity contribution in [3.8, 4) is 5.88 Å². The number of hydrazine groups is 1. The fraction of sp³-hybridized carbons (Fsp3) is 0.400. The summed E-state index contributed by atoms with van der Waals surface area (Å²) in [6, 6.07) is 4.05. The van der Waals surface area contributed by atoms with E-state index in [1.165, 1.54) is 0 Å². The molecule has 24 heavy (non-hydrogen) atoms. The molecule has 7 nitrogen and oxygen atoms in total. The Hall–Kier alpha value is -1.58. The summed E-state index contributed by atoms with van der Waals surface area (Å²) in [5.41, 5.74) is 11.4. The van der Waals surface area contributed by atoms with Crippen LogP contribution >= 0.6 is 27.7 Å². The van der Waals surface area contributed by atoms with E-state index < -0.39 is 0 Å². The van der Waals surface area contributed by atoms with E-state index in [0.717, 1.165) is 38.7 Å². The number of nitrogens with zero attached hydrogens (tertiary/aromatic N) is 4. The summed E-state index contributed by atoms with van der Waals surface area (Å²) in [6.07, 6.45) is 1.04. The van der Waals surface area contributed by atoms with Gasteiger partial charge in [0.15, 0.2) is 5.82 Å². The molecule has 126 valence electrons. The molecular formula is C15H17BrN6OS. The minimum absolute atomic E-state index is 0.241. The van der Waals surface area contributed by atoms with E-state index in [1.54, 1.807) is 11.8 Å². The molecule has 0 aliphatic carbocycles. The quantitative estimate of drug-likeness (QED) is 0.746. The number of halogens is 1. The van der Waals surface area contributed by atoms with Gasteiger partial charge in [0.05, 0.1) is 24.9 Å². The van der Waals surface area contributed by atoms with Gasteiger partial charge in [-0.15, -0.1) is 11.8 Å². The zero-order valence-electron chi connectivity index (χ0n) is 13.1. The van der Waals surface area contributed by atoms with Crippen LogP contribution in [0, 0.1) is 0 Å². The van der Waals surface area contributed by atoms with Gasteiger partial charge in [0, 0.05) is 21.9 Å². The molecule has 0 fully saturated rings. The number of thioether (sulfide) groups is 1. The SMILES string of the molecule is CCOc1ccc(Br)c(CN2NC3CCSc4nc(N)nc2c43)n1. The lowest BCUT2D eigenvalue weighted by molar-refractivity contribution is 0.325. The Morgan fingerprint density at radius 2 is 2.29 bits per heavy atom. The molecule has 9 heteroatoms. The standard InChI is InChI=1S/C15H17BrN6OS/c1-2-23-11-4-3-8(16)10(18-11)7-22-13-12-9(21-22)5-6-24-14(12)20-15(17)19-13/h3-4,9,21H,2,5-7H2,1H3,(H2,17,19,20).